The van der Waals surface area contributed by atoms with Gasteiger partial charge in [-0.25, -0.2) is 4.68 Å². The minimum atomic E-state index is -0.566. The van der Waals surface area contributed by atoms with Crippen LogP contribution in [0.5, 0.6) is 0 Å². The fourth-order valence-electron chi connectivity index (χ4n) is 2.01. The number of amides is 1. The second-order valence-electron chi connectivity index (χ2n) is 5.30. The van der Waals surface area contributed by atoms with Gasteiger partial charge in [-0.05, 0) is 37.7 Å². The molecule has 10 heteroatoms. The van der Waals surface area contributed by atoms with Crippen molar-refractivity contribution in [1.82, 2.24) is 9.99 Å². The summed E-state index contributed by atoms with van der Waals surface area (Å²) in [5, 5.41) is 11.3. The van der Waals surface area contributed by atoms with Gasteiger partial charge < -0.3 is 14.8 Å². The van der Waals surface area contributed by atoms with Crippen molar-refractivity contribution in [2.45, 2.75) is 26.7 Å². The van der Waals surface area contributed by atoms with Crippen LogP contribution in [0.25, 0.3) is 0 Å². The van der Waals surface area contributed by atoms with Crippen molar-refractivity contribution in [3.05, 3.63) is 33.2 Å². The number of pyridine rings is 1. The molecule has 1 rings (SSSR count). The van der Waals surface area contributed by atoms with Gasteiger partial charge in [0.2, 0.25) is 5.91 Å². The normalized spacial score (nSPS) is 9.92. The minimum Gasteiger partial charge on any atom is -0.463 e. The number of aryl methyl sites for hydroxylation is 2. The maximum atomic E-state index is 12.2. The first-order chi connectivity index (χ1) is 12.3. The molecule has 0 unspecified atom stereocenters. The van der Waals surface area contributed by atoms with Gasteiger partial charge in [-0.1, -0.05) is 0 Å². The molecule has 1 aromatic heterocycles. The smallest absolute Gasteiger partial charge is 0.306 e. The van der Waals surface area contributed by atoms with Crippen molar-refractivity contribution >= 4 is 29.2 Å². The number of hydrogen-bond acceptors (Lipinski definition) is 7. The summed E-state index contributed by atoms with van der Waals surface area (Å²) in [4.78, 5) is 35.5. The molecule has 1 aromatic rings. The van der Waals surface area contributed by atoms with E-state index in [1.165, 1.54) is 7.11 Å². The summed E-state index contributed by atoms with van der Waals surface area (Å²) in [5.74, 6) is -1.04. The number of rotatable bonds is 7. The van der Waals surface area contributed by atoms with Gasteiger partial charge >= 0.3 is 5.97 Å². The van der Waals surface area contributed by atoms with Gasteiger partial charge in [-0.2, -0.15) is 5.26 Å². The van der Waals surface area contributed by atoms with E-state index in [-0.39, 0.29) is 36.7 Å². The van der Waals surface area contributed by atoms with Crippen molar-refractivity contribution in [3.8, 4) is 6.07 Å². The first-order valence-electron chi connectivity index (χ1n) is 7.69. The molecule has 9 nitrogen and oxygen atoms in total. The average molecular weight is 380 g/mol. The molecule has 0 bridgehead atoms. The molecule has 0 aliphatic carbocycles. The summed E-state index contributed by atoms with van der Waals surface area (Å²) >= 11 is 4.99. The molecular weight excluding hydrogens is 360 g/mol. The van der Waals surface area contributed by atoms with Crippen LogP contribution in [0.3, 0.4) is 0 Å². The Bertz CT molecular complexity index is 797. The molecule has 0 aliphatic heterocycles. The molecule has 1 heterocycles. The lowest BCUT2D eigenvalue weighted by Crippen LogP contribution is -2.43. The summed E-state index contributed by atoms with van der Waals surface area (Å²) in [6.45, 7) is 3.71. The highest BCUT2D eigenvalue weighted by Crippen LogP contribution is 2.04. The SMILES string of the molecule is COCCOC(=O)CCC(=O)NC(=S)Nn1c(C)cc(C)c(C#N)c1=O. The lowest BCUT2D eigenvalue weighted by Gasteiger charge is -2.15. The molecule has 1 amide bonds. The van der Waals surface area contributed by atoms with Crippen LogP contribution >= 0.6 is 12.2 Å². The molecule has 0 atom stereocenters. The Morgan fingerprint density at radius 2 is 2.00 bits per heavy atom. The number of hydrogen-bond donors (Lipinski definition) is 2. The van der Waals surface area contributed by atoms with Crippen molar-refractivity contribution in [2.24, 2.45) is 0 Å². The Morgan fingerprint density at radius 3 is 2.62 bits per heavy atom. The predicted molar refractivity (Wildman–Crippen MR) is 97.1 cm³/mol. The number of nitriles is 1. The maximum absolute atomic E-state index is 12.2. The van der Waals surface area contributed by atoms with Crippen LogP contribution in [0.2, 0.25) is 0 Å². The number of carbonyl (C=O) groups is 2. The maximum Gasteiger partial charge on any atom is 0.306 e. The molecule has 140 valence electrons. The summed E-state index contributed by atoms with van der Waals surface area (Å²) < 4.78 is 10.7. The van der Waals surface area contributed by atoms with E-state index in [0.29, 0.717) is 11.3 Å². The number of aromatic nitrogens is 1. The number of thiocarbonyl (C=S) groups is 1. The Kier molecular flexibility index (Phi) is 8.41. The Morgan fingerprint density at radius 1 is 1.31 bits per heavy atom. The van der Waals surface area contributed by atoms with Gasteiger partial charge in [-0.15, -0.1) is 0 Å². The van der Waals surface area contributed by atoms with Crippen molar-refractivity contribution in [3.63, 3.8) is 0 Å². The van der Waals surface area contributed by atoms with Crippen LogP contribution in [0.1, 0.15) is 29.7 Å². The van der Waals surface area contributed by atoms with Gasteiger partial charge in [0.25, 0.3) is 5.56 Å². The van der Waals surface area contributed by atoms with E-state index < -0.39 is 17.4 Å². The number of ether oxygens (including phenoxy) is 2. The highest BCUT2D eigenvalue weighted by Gasteiger charge is 2.13. The van der Waals surface area contributed by atoms with E-state index in [0.717, 1.165) is 4.68 Å². The third-order valence-corrected chi connectivity index (χ3v) is 3.47. The number of esters is 1. The number of nitrogens with one attached hydrogen (secondary N) is 2. The average Bonchev–Trinajstić information content (AvgIpc) is 2.57. The summed E-state index contributed by atoms with van der Waals surface area (Å²) in [7, 11) is 1.48. The second kappa shape index (κ2) is 10.3. The van der Waals surface area contributed by atoms with Gasteiger partial charge in [0, 0.05) is 19.2 Å². The zero-order valence-corrected chi connectivity index (χ0v) is 15.6. The highest BCUT2D eigenvalue weighted by atomic mass is 32.1. The first kappa shape index (κ1) is 21.3. The van der Waals surface area contributed by atoms with Crippen LogP contribution in [0, 0.1) is 25.2 Å². The van der Waals surface area contributed by atoms with Crippen LogP contribution < -0.4 is 16.3 Å². The Labute approximate surface area is 155 Å². The van der Waals surface area contributed by atoms with Gasteiger partial charge in [0.15, 0.2) is 5.11 Å². The molecular formula is C16H20N4O5S. The second-order valence-corrected chi connectivity index (χ2v) is 5.71. The van der Waals surface area contributed by atoms with Crippen molar-refractivity contribution in [2.75, 3.05) is 25.7 Å². The van der Waals surface area contributed by atoms with Crippen molar-refractivity contribution < 1.29 is 19.1 Å². The molecule has 0 saturated carbocycles. The number of methoxy groups -OCH3 is 1. The van der Waals surface area contributed by atoms with E-state index in [1.54, 1.807) is 19.9 Å². The molecule has 0 fully saturated rings. The number of carbonyl (C=O) groups excluding carboxylic acids is 2. The van der Waals surface area contributed by atoms with E-state index >= 15 is 0 Å². The van der Waals surface area contributed by atoms with E-state index in [9.17, 15) is 14.4 Å². The summed E-state index contributed by atoms with van der Waals surface area (Å²) in [6, 6.07) is 3.48. The third kappa shape index (κ3) is 6.27. The molecule has 0 aromatic carbocycles. The quantitative estimate of drug-likeness (QED) is 0.392. The fourth-order valence-corrected chi connectivity index (χ4v) is 2.22. The van der Waals surface area contributed by atoms with Crippen LogP contribution in [0.4, 0.5) is 0 Å². The van der Waals surface area contributed by atoms with Crippen LogP contribution in [-0.4, -0.2) is 42.0 Å². The molecule has 0 radical (unpaired) electrons. The molecule has 2 N–H and O–H groups in total. The first-order valence-corrected chi connectivity index (χ1v) is 8.09. The third-order valence-electron chi connectivity index (χ3n) is 3.27. The summed E-state index contributed by atoms with van der Waals surface area (Å²) in [6.07, 6.45) is -0.237. The topological polar surface area (TPSA) is 122 Å². The molecule has 0 spiro atoms. The molecule has 26 heavy (non-hydrogen) atoms. The highest BCUT2D eigenvalue weighted by molar-refractivity contribution is 7.80. The Hall–Kier alpha value is -2.77. The Balaban J connectivity index is 2.60. The van der Waals surface area contributed by atoms with E-state index in [1.807, 2.05) is 6.07 Å². The standard InChI is InChI=1S/C16H20N4O5S/c1-10-8-11(2)20(15(23)12(10)9-17)19-16(26)18-13(21)4-5-14(22)25-7-6-24-3/h8H,4-7H2,1-3H3,(H2,18,19,21,26). The van der Waals surface area contributed by atoms with Gasteiger partial charge in [-0.3, -0.25) is 19.8 Å². The lowest BCUT2D eigenvalue weighted by atomic mass is 10.1. The predicted octanol–water partition coefficient (Wildman–Crippen LogP) is 0.251. The lowest BCUT2D eigenvalue weighted by molar-refractivity contribution is -0.146. The fraction of sp³-hybridized carbons (Fsp3) is 0.438. The van der Waals surface area contributed by atoms with Crippen molar-refractivity contribution in [1.29, 1.82) is 5.26 Å². The summed E-state index contributed by atoms with van der Waals surface area (Å²) in [5.41, 5.74) is 3.05. The van der Waals surface area contributed by atoms with E-state index in [2.05, 4.69) is 10.7 Å². The van der Waals surface area contributed by atoms with E-state index in [4.69, 9.17) is 27.0 Å². The number of nitrogens with zero attached hydrogens (tertiary/aromatic N) is 2. The van der Waals surface area contributed by atoms with Crippen LogP contribution in [0.15, 0.2) is 10.9 Å². The minimum absolute atomic E-state index is 0.0176. The van der Waals surface area contributed by atoms with Gasteiger partial charge in [0.1, 0.15) is 18.2 Å². The molecule has 0 aliphatic rings. The zero-order valence-electron chi connectivity index (χ0n) is 14.7. The van der Waals surface area contributed by atoms with Gasteiger partial charge in [0.05, 0.1) is 13.0 Å². The zero-order chi connectivity index (χ0) is 19.7. The largest absolute Gasteiger partial charge is 0.463 e. The van der Waals surface area contributed by atoms with Crippen LogP contribution in [-0.2, 0) is 19.1 Å². The molecule has 0 saturated heterocycles. The monoisotopic (exact) mass is 380 g/mol.